The summed E-state index contributed by atoms with van der Waals surface area (Å²) < 4.78 is 11.1. The Balaban J connectivity index is 1.73. The van der Waals surface area contributed by atoms with E-state index in [1.807, 2.05) is 48.5 Å². The van der Waals surface area contributed by atoms with Gasteiger partial charge in [-0.15, -0.1) is 0 Å². The summed E-state index contributed by atoms with van der Waals surface area (Å²) in [5.74, 6) is 1.45. The Morgan fingerprint density at radius 3 is 2.57 bits per heavy atom. The van der Waals surface area contributed by atoms with Crippen molar-refractivity contribution in [3.05, 3.63) is 59.7 Å². The van der Waals surface area contributed by atoms with Crippen LogP contribution in [0.4, 0.5) is 0 Å². The second-order valence-corrected chi connectivity index (χ2v) is 4.83. The summed E-state index contributed by atoms with van der Waals surface area (Å²) in [6, 6.07) is 17.6. The lowest BCUT2D eigenvalue weighted by molar-refractivity contribution is 0.171. The molecule has 0 radical (unpaired) electrons. The third-order valence-corrected chi connectivity index (χ3v) is 3.38. The Morgan fingerprint density at radius 2 is 1.81 bits per heavy atom. The second-order valence-electron chi connectivity index (χ2n) is 4.83. The van der Waals surface area contributed by atoms with Crippen molar-refractivity contribution in [1.29, 1.82) is 5.26 Å². The van der Waals surface area contributed by atoms with Crippen LogP contribution in [0.3, 0.4) is 0 Å². The molecule has 106 valence electrons. The normalized spacial score (nSPS) is 14.2. The van der Waals surface area contributed by atoms with Crippen LogP contribution in [0.25, 0.3) is 0 Å². The first-order valence-corrected chi connectivity index (χ1v) is 6.93. The van der Waals surface area contributed by atoms with Gasteiger partial charge in [0.15, 0.2) is 11.5 Å². The molecule has 0 saturated carbocycles. The van der Waals surface area contributed by atoms with Crippen LogP contribution in [-0.4, -0.2) is 13.2 Å². The van der Waals surface area contributed by atoms with Gasteiger partial charge in [0.05, 0.1) is 6.07 Å². The molecule has 1 aliphatic heterocycles. The number of nitriles is 1. The van der Waals surface area contributed by atoms with Crippen molar-refractivity contribution in [3.8, 4) is 17.6 Å². The topological polar surface area (TPSA) is 54.3 Å². The van der Waals surface area contributed by atoms with Gasteiger partial charge >= 0.3 is 0 Å². The zero-order valence-corrected chi connectivity index (χ0v) is 11.6. The largest absolute Gasteiger partial charge is 0.486 e. The molecule has 1 heterocycles. The lowest BCUT2D eigenvalue weighted by Gasteiger charge is -2.20. The molecular formula is C17H16N2O2. The molecule has 0 spiro atoms. The van der Waals surface area contributed by atoms with Crippen LogP contribution >= 0.6 is 0 Å². The number of fused-ring (bicyclic) bond motifs is 1. The maximum atomic E-state index is 9.38. The molecule has 2 aromatic rings. The predicted octanol–water partition coefficient (Wildman–Crippen LogP) is 2.81. The Kier molecular flexibility index (Phi) is 4.04. The molecule has 2 aromatic carbocycles. The van der Waals surface area contributed by atoms with E-state index in [1.54, 1.807) is 0 Å². The van der Waals surface area contributed by atoms with Gasteiger partial charge in [-0.05, 0) is 23.3 Å². The SMILES string of the molecule is N#CC(NCc1ccccc1)c1ccc2c(c1)OCCO2. The minimum atomic E-state index is -0.374. The molecule has 1 aliphatic rings. The van der Waals surface area contributed by atoms with E-state index in [1.165, 1.54) is 0 Å². The minimum absolute atomic E-state index is 0.374. The van der Waals surface area contributed by atoms with Crippen molar-refractivity contribution in [1.82, 2.24) is 5.32 Å². The van der Waals surface area contributed by atoms with E-state index in [9.17, 15) is 5.26 Å². The van der Waals surface area contributed by atoms with Crippen LogP contribution in [0.5, 0.6) is 11.5 Å². The molecule has 1 unspecified atom stereocenters. The summed E-state index contributed by atoms with van der Waals surface area (Å²) >= 11 is 0. The van der Waals surface area contributed by atoms with Gasteiger partial charge in [0.25, 0.3) is 0 Å². The van der Waals surface area contributed by atoms with Gasteiger partial charge in [-0.2, -0.15) is 5.26 Å². The van der Waals surface area contributed by atoms with Gasteiger partial charge in [-0.3, -0.25) is 5.32 Å². The number of benzene rings is 2. The van der Waals surface area contributed by atoms with E-state index in [0.717, 1.165) is 16.9 Å². The lowest BCUT2D eigenvalue weighted by Crippen LogP contribution is -2.20. The number of nitrogens with zero attached hydrogens (tertiary/aromatic N) is 1. The van der Waals surface area contributed by atoms with Gasteiger partial charge in [0, 0.05) is 6.54 Å². The van der Waals surface area contributed by atoms with Crippen LogP contribution in [0, 0.1) is 11.3 Å². The van der Waals surface area contributed by atoms with Gasteiger partial charge in [0.2, 0.25) is 0 Å². The standard InChI is InChI=1S/C17H16N2O2/c18-11-15(19-12-13-4-2-1-3-5-13)14-6-7-16-17(10-14)21-9-8-20-16/h1-7,10,15,19H,8-9,12H2. The summed E-state index contributed by atoms with van der Waals surface area (Å²) in [5.41, 5.74) is 2.04. The van der Waals surface area contributed by atoms with Gasteiger partial charge in [-0.25, -0.2) is 0 Å². The number of rotatable bonds is 4. The average molecular weight is 280 g/mol. The molecule has 3 rings (SSSR count). The molecule has 0 aromatic heterocycles. The van der Waals surface area contributed by atoms with Crippen LogP contribution in [0.1, 0.15) is 17.2 Å². The smallest absolute Gasteiger partial charge is 0.161 e. The average Bonchev–Trinajstić information content (AvgIpc) is 2.56. The summed E-state index contributed by atoms with van der Waals surface area (Å²) in [7, 11) is 0. The molecular weight excluding hydrogens is 264 g/mol. The van der Waals surface area contributed by atoms with Crippen molar-refractivity contribution in [2.45, 2.75) is 12.6 Å². The van der Waals surface area contributed by atoms with Crippen molar-refractivity contribution in [3.63, 3.8) is 0 Å². The van der Waals surface area contributed by atoms with Crippen LogP contribution in [-0.2, 0) is 6.54 Å². The number of hydrogen-bond acceptors (Lipinski definition) is 4. The lowest BCUT2D eigenvalue weighted by atomic mass is 10.1. The summed E-state index contributed by atoms with van der Waals surface area (Å²) in [4.78, 5) is 0. The Bertz CT molecular complexity index is 650. The third kappa shape index (κ3) is 3.15. The van der Waals surface area contributed by atoms with E-state index in [2.05, 4.69) is 11.4 Å². The maximum absolute atomic E-state index is 9.38. The van der Waals surface area contributed by atoms with Gasteiger partial charge < -0.3 is 9.47 Å². The predicted molar refractivity (Wildman–Crippen MR) is 79.1 cm³/mol. The van der Waals surface area contributed by atoms with E-state index >= 15 is 0 Å². The number of nitrogens with one attached hydrogen (secondary N) is 1. The van der Waals surface area contributed by atoms with Crippen molar-refractivity contribution in [2.24, 2.45) is 0 Å². The number of hydrogen-bond donors (Lipinski definition) is 1. The van der Waals surface area contributed by atoms with Crippen molar-refractivity contribution in [2.75, 3.05) is 13.2 Å². The Morgan fingerprint density at radius 1 is 1.05 bits per heavy atom. The van der Waals surface area contributed by atoms with Crippen LogP contribution < -0.4 is 14.8 Å². The fraction of sp³-hybridized carbons (Fsp3) is 0.235. The van der Waals surface area contributed by atoms with E-state index in [-0.39, 0.29) is 6.04 Å². The first-order valence-electron chi connectivity index (χ1n) is 6.93. The first-order chi connectivity index (χ1) is 10.4. The highest BCUT2D eigenvalue weighted by Gasteiger charge is 2.16. The van der Waals surface area contributed by atoms with E-state index in [0.29, 0.717) is 25.5 Å². The molecule has 4 nitrogen and oxygen atoms in total. The molecule has 0 amide bonds. The monoisotopic (exact) mass is 280 g/mol. The highest BCUT2D eigenvalue weighted by atomic mass is 16.6. The summed E-state index contributed by atoms with van der Waals surface area (Å²) in [6.07, 6.45) is 0. The fourth-order valence-electron chi connectivity index (χ4n) is 2.29. The molecule has 0 aliphatic carbocycles. The van der Waals surface area contributed by atoms with Gasteiger partial charge in [-0.1, -0.05) is 36.4 Å². The van der Waals surface area contributed by atoms with Gasteiger partial charge in [0.1, 0.15) is 19.3 Å². The highest BCUT2D eigenvalue weighted by Crippen LogP contribution is 2.32. The van der Waals surface area contributed by atoms with E-state index in [4.69, 9.17) is 9.47 Å². The molecule has 4 heteroatoms. The van der Waals surface area contributed by atoms with E-state index < -0.39 is 0 Å². The highest BCUT2D eigenvalue weighted by molar-refractivity contribution is 5.45. The van der Waals surface area contributed by atoms with Crippen LogP contribution in [0.2, 0.25) is 0 Å². The summed E-state index contributed by atoms with van der Waals surface area (Å²) in [6.45, 7) is 1.76. The van der Waals surface area contributed by atoms with Crippen molar-refractivity contribution < 1.29 is 9.47 Å². The molecule has 0 saturated heterocycles. The third-order valence-electron chi connectivity index (χ3n) is 3.38. The molecule has 0 fully saturated rings. The first kappa shape index (κ1) is 13.5. The maximum Gasteiger partial charge on any atom is 0.161 e. The quantitative estimate of drug-likeness (QED) is 0.935. The van der Waals surface area contributed by atoms with Crippen molar-refractivity contribution >= 4 is 0 Å². The molecule has 1 N–H and O–H groups in total. The zero-order valence-electron chi connectivity index (χ0n) is 11.6. The molecule has 1 atom stereocenters. The zero-order chi connectivity index (χ0) is 14.5. The molecule has 0 bridgehead atoms. The fourth-order valence-corrected chi connectivity index (χ4v) is 2.29. The van der Waals surface area contributed by atoms with Crippen LogP contribution in [0.15, 0.2) is 48.5 Å². The second kappa shape index (κ2) is 6.29. The summed E-state index contributed by atoms with van der Waals surface area (Å²) in [5, 5.41) is 12.6. The minimum Gasteiger partial charge on any atom is -0.486 e. The number of ether oxygens (including phenoxy) is 2. The molecule has 21 heavy (non-hydrogen) atoms. The Labute approximate surface area is 123 Å². The Hall–Kier alpha value is -2.51.